The van der Waals surface area contributed by atoms with Crippen LogP contribution in [0.4, 0.5) is 13.2 Å². The Morgan fingerprint density at radius 3 is 1.15 bits per heavy atom. The summed E-state index contributed by atoms with van der Waals surface area (Å²) < 4.78 is 58.9. The Morgan fingerprint density at radius 2 is 1.15 bits per heavy atom. The minimum atomic E-state index is -6.09. The zero-order chi connectivity index (χ0) is 11.5. The van der Waals surface area contributed by atoms with E-state index < -0.39 is 15.6 Å². The third kappa shape index (κ3) is 14.9. The van der Waals surface area contributed by atoms with Gasteiger partial charge in [-0.15, -0.1) is 0 Å². The number of hydrogen-bond acceptors (Lipinski definition) is 3. The van der Waals surface area contributed by atoms with Crippen LogP contribution in [0.2, 0.25) is 0 Å². The average molecular weight is 240 g/mol. The van der Waals surface area contributed by atoms with E-state index in [4.69, 9.17) is 13.0 Å². The van der Waals surface area contributed by atoms with Gasteiger partial charge in [0.15, 0.2) is 10.1 Å². The summed E-state index contributed by atoms with van der Waals surface area (Å²) in [6.45, 7) is 9.19. The third-order valence-corrected chi connectivity index (χ3v) is 0.850. The number of hydrogen-bond donors (Lipinski definition) is 0. The Morgan fingerprint density at radius 1 is 1.08 bits per heavy atom. The molecule has 0 radical (unpaired) electrons. The summed E-state index contributed by atoms with van der Waals surface area (Å²) in [7, 11) is -6.48. The van der Waals surface area contributed by atoms with E-state index >= 15 is 0 Å². The average Bonchev–Trinajstić information content (AvgIpc) is 1.50. The maximum absolute atomic E-state index is 10.7. The molecule has 0 rings (SSSR count). The first-order valence-corrected chi connectivity index (χ1v) is 8.05. The van der Waals surface area contributed by atoms with E-state index in [0.717, 1.165) is 0 Å². The second-order valence-electron chi connectivity index (χ2n) is 3.58. The molecule has 0 N–H and O–H groups in total. The summed E-state index contributed by atoms with van der Waals surface area (Å²) in [6.07, 6.45) is 0. The summed E-state index contributed by atoms with van der Waals surface area (Å²) in [6, 6.07) is 0. The van der Waals surface area contributed by atoms with Gasteiger partial charge in [0, 0.05) is 33.9 Å². The highest BCUT2D eigenvalue weighted by atomic mass is 32.2. The van der Waals surface area contributed by atoms with Gasteiger partial charge in [-0.2, -0.15) is 13.2 Å². The van der Waals surface area contributed by atoms with Crippen molar-refractivity contribution in [1.29, 1.82) is 0 Å². The topological polar surface area (TPSA) is 57.2 Å². The molecule has 0 aliphatic carbocycles. The molecule has 0 saturated heterocycles. The van der Waals surface area contributed by atoms with Crippen molar-refractivity contribution in [3.05, 3.63) is 0 Å². The molecule has 0 saturated carbocycles. The van der Waals surface area contributed by atoms with Crippen molar-refractivity contribution in [2.24, 2.45) is 0 Å². The van der Waals surface area contributed by atoms with Gasteiger partial charge in [-0.1, -0.05) is 0 Å². The molecule has 82 valence electrons. The van der Waals surface area contributed by atoms with Crippen LogP contribution < -0.4 is 0 Å². The minimum absolute atomic E-state index is 0.389. The van der Waals surface area contributed by atoms with Gasteiger partial charge in [-0.25, -0.2) is 8.42 Å². The molecule has 0 fully saturated rings. The number of rotatable bonds is 0. The van der Waals surface area contributed by atoms with Crippen molar-refractivity contribution in [2.45, 2.75) is 5.51 Å². The monoisotopic (exact) mass is 240 g/mol. The van der Waals surface area contributed by atoms with Crippen molar-refractivity contribution in [3.8, 4) is 0 Å². The van der Waals surface area contributed by atoms with Crippen LogP contribution >= 0.6 is 7.26 Å². The SMILES string of the molecule is C[P+](C)(C)C.O=S(=O)([O-])C(F)(F)F. The van der Waals surface area contributed by atoms with Gasteiger partial charge in [0.1, 0.15) is 0 Å². The summed E-state index contributed by atoms with van der Waals surface area (Å²) in [5.41, 5.74) is -5.65. The molecule has 0 heterocycles. The van der Waals surface area contributed by atoms with Crippen molar-refractivity contribution >= 4 is 17.4 Å². The van der Waals surface area contributed by atoms with Crippen LogP contribution in [0.25, 0.3) is 0 Å². The first kappa shape index (κ1) is 15.6. The highest BCUT2D eigenvalue weighted by molar-refractivity contribution is 7.86. The lowest BCUT2D eigenvalue weighted by Crippen LogP contribution is -2.21. The van der Waals surface area contributed by atoms with Crippen LogP contribution in [0.3, 0.4) is 0 Å². The van der Waals surface area contributed by atoms with Crippen LogP contribution in [-0.2, 0) is 10.1 Å². The molecule has 0 atom stereocenters. The summed E-state index contributed by atoms with van der Waals surface area (Å²) in [5, 5.41) is 0. The molecule has 8 heteroatoms. The van der Waals surface area contributed by atoms with Crippen molar-refractivity contribution in [2.75, 3.05) is 26.7 Å². The molecular formula is C5H12F3O3PS. The normalized spacial score (nSPS) is 13.2. The van der Waals surface area contributed by atoms with E-state index in [9.17, 15) is 13.2 Å². The Labute approximate surface area is 76.4 Å². The van der Waals surface area contributed by atoms with Gasteiger partial charge < -0.3 is 4.55 Å². The molecule has 0 unspecified atom stereocenters. The Kier molecular flexibility index (Phi) is 5.48. The van der Waals surface area contributed by atoms with E-state index in [-0.39, 0.29) is 7.26 Å². The molecule has 0 aliphatic rings. The molecular weight excluding hydrogens is 228 g/mol. The number of halogens is 3. The van der Waals surface area contributed by atoms with Crippen molar-refractivity contribution in [1.82, 2.24) is 0 Å². The van der Waals surface area contributed by atoms with Gasteiger partial charge in [0.2, 0.25) is 0 Å². The van der Waals surface area contributed by atoms with E-state index in [0.29, 0.717) is 0 Å². The lowest BCUT2D eigenvalue weighted by Gasteiger charge is -2.08. The summed E-state index contributed by atoms with van der Waals surface area (Å²) in [5.74, 6) is 0. The second kappa shape index (κ2) is 4.57. The fourth-order valence-electron chi connectivity index (χ4n) is 0. The van der Waals surface area contributed by atoms with Gasteiger partial charge in [-0.3, -0.25) is 0 Å². The maximum atomic E-state index is 10.7. The molecule has 3 nitrogen and oxygen atoms in total. The van der Waals surface area contributed by atoms with Gasteiger partial charge in [0.25, 0.3) is 0 Å². The quantitative estimate of drug-likeness (QED) is 0.367. The highest BCUT2D eigenvalue weighted by Crippen LogP contribution is 2.40. The smallest absolute Gasteiger partial charge is 0.485 e. The fraction of sp³-hybridized carbons (Fsp3) is 1.00. The first-order valence-electron chi connectivity index (χ1n) is 3.06. The molecule has 0 aromatic rings. The van der Waals surface area contributed by atoms with E-state index in [1.54, 1.807) is 0 Å². The van der Waals surface area contributed by atoms with E-state index in [1.165, 1.54) is 0 Å². The predicted molar refractivity (Wildman–Crippen MR) is 46.4 cm³/mol. The molecule has 0 aromatic carbocycles. The number of alkyl halides is 3. The molecule has 0 bridgehead atoms. The Bertz CT molecular complexity index is 233. The lowest BCUT2D eigenvalue weighted by molar-refractivity contribution is -0.0517. The van der Waals surface area contributed by atoms with Gasteiger partial charge in [-0.05, 0) is 0 Å². The largest absolute Gasteiger partial charge is 0.741 e. The molecule has 13 heavy (non-hydrogen) atoms. The van der Waals surface area contributed by atoms with Gasteiger partial charge in [0.05, 0.1) is 0 Å². The maximum Gasteiger partial charge on any atom is 0.485 e. The molecule has 0 amide bonds. The molecule has 0 aromatic heterocycles. The lowest BCUT2D eigenvalue weighted by atomic mass is 11.6. The van der Waals surface area contributed by atoms with Crippen LogP contribution in [-0.4, -0.2) is 45.1 Å². The summed E-state index contributed by atoms with van der Waals surface area (Å²) in [4.78, 5) is 0. The Balaban J connectivity index is 0. The third-order valence-electron chi connectivity index (χ3n) is 0.283. The zero-order valence-electron chi connectivity index (χ0n) is 7.71. The van der Waals surface area contributed by atoms with Crippen LogP contribution in [0.1, 0.15) is 0 Å². The van der Waals surface area contributed by atoms with E-state index in [1.807, 2.05) is 0 Å². The van der Waals surface area contributed by atoms with Crippen LogP contribution in [0.5, 0.6) is 0 Å². The summed E-state index contributed by atoms with van der Waals surface area (Å²) >= 11 is 0. The van der Waals surface area contributed by atoms with Crippen LogP contribution in [0, 0.1) is 0 Å². The fourth-order valence-corrected chi connectivity index (χ4v) is 0. The molecule has 0 aliphatic heterocycles. The standard InChI is InChI=1S/C4H12P.CHF3O3S/c1-5(2,3)4;2-1(3,4)8(5,6)7/h1-4H3;(H,5,6,7)/q+1;/p-1. The Hall–Kier alpha value is 0.130. The second-order valence-corrected chi connectivity index (χ2v) is 10.3. The van der Waals surface area contributed by atoms with Crippen LogP contribution in [0.15, 0.2) is 0 Å². The van der Waals surface area contributed by atoms with Crippen molar-refractivity contribution < 1.29 is 26.1 Å². The molecule has 0 spiro atoms. The highest BCUT2D eigenvalue weighted by Gasteiger charge is 2.36. The predicted octanol–water partition coefficient (Wildman–Crippen LogP) is 1.57. The minimum Gasteiger partial charge on any atom is -0.741 e. The van der Waals surface area contributed by atoms with Crippen molar-refractivity contribution in [3.63, 3.8) is 0 Å². The van der Waals surface area contributed by atoms with Gasteiger partial charge >= 0.3 is 5.51 Å². The zero-order valence-corrected chi connectivity index (χ0v) is 9.43. The first-order chi connectivity index (χ1) is 5.25. The van der Waals surface area contributed by atoms with E-state index in [2.05, 4.69) is 26.7 Å².